The van der Waals surface area contributed by atoms with Gasteiger partial charge in [0.2, 0.25) is 5.91 Å². The minimum atomic E-state index is -0.0273. The summed E-state index contributed by atoms with van der Waals surface area (Å²) < 4.78 is 0. The van der Waals surface area contributed by atoms with Crippen molar-refractivity contribution in [1.82, 2.24) is 4.90 Å². The van der Waals surface area contributed by atoms with Gasteiger partial charge in [-0.25, -0.2) is 0 Å². The number of carbonyl (C=O) groups excluding carboxylic acids is 1. The van der Waals surface area contributed by atoms with E-state index in [9.17, 15) is 4.79 Å². The Morgan fingerprint density at radius 1 is 1.33 bits per heavy atom. The minimum absolute atomic E-state index is 0.0273. The summed E-state index contributed by atoms with van der Waals surface area (Å²) >= 11 is 4.89. The van der Waals surface area contributed by atoms with Crippen molar-refractivity contribution >= 4 is 28.8 Å². The van der Waals surface area contributed by atoms with Crippen molar-refractivity contribution in [1.29, 1.82) is 0 Å². The van der Waals surface area contributed by atoms with Crippen LogP contribution < -0.4 is 11.1 Å². The van der Waals surface area contributed by atoms with Crippen molar-refractivity contribution in [2.45, 2.75) is 12.8 Å². The molecule has 1 aliphatic heterocycles. The third kappa shape index (κ3) is 4.77. The van der Waals surface area contributed by atoms with Crippen molar-refractivity contribution in [3.63, 3.8) is 0 Å². The third-order valence-corrected chi connectivity index (χ3v) is 4.02. The van der Waals surface area contributed by atoms with Gasteiger partial charge in [0.1, 0.15) is 4.99 Å². The molecule has 2 rings (SSSR count). The molecule has 1 aromatic carbocycles. The van der Waals surface area contributed by atoms with Crippen LogP contribution in [-0.4, -0.2) is 47.1 Å². The van der Waals surface area contributed by atoms with Crippen LogP contribution in [0.15, 0.2) is 24.3 Å². The number of rotatable bonds is 5. The predicted molar refractivity (Wildman–Crippen MR) is 87.2 cm³/mol. The Hall–Kier alpha value is -1.50. The molecule has 6 heteroatoms. The molecule has 1 amide bonds. The van der Waals surface area contributed by atoms with Gasteiger partial charge in [0.15, 0.2) is 0 Å². The summed E-state index contributed by atoms with van der Waals surface area (Å²) in [4.78, 5) is 14.5. The number of nitrogens with two attached hydrogens (primary N) is 1. The number of piperidine rings is 1. The lowest BCUT2D eigenvalue weighted by Gasteiger charge is -2.30. The Morgan fingerprint density at radius 3 is 2.48 bits per heavy atom. The van der Waals surface area contributed by atoms with Crippen LogP contribution in [0.5, 0.6) is 0 Å². The van der Waals surface area contributed by atoms with Gasteiger partial charge in [0.25, 0.3) is 0 Å². The first kappa shape index (κ1) is 15.9. The van der Waals surface area contributed by atoms with Crippen LogP contribution in [-0.2, 0) is 4.79 Å². The second-order valence-electron chi connectivity index (χ2n) is 5.39. The van der Waals surface area contributed by atoms with Gasteiger partial charge in [0.05, 0.1) is 6.54 Å². The molecule has 114 valence electrons. The number of aliphatic hydroxyl groups excluding tert-OH is 1. The van der Waals surface area contributed by atoms with E-state index in [1.807, 2.05) is 0 Å². The summed E-state index contributed by atoms with van der Waals surface area (Å²) in [7, 11) is 0. The summed E-state index contributed by atoms with van der Waals surface area (Å²) in [5, 5.41) is 12.0. The lowest BCUT2D eigenvalue weighted by Crippen LogP contribution is -2.39. The quantitative estimate of drug-likeness (QED) is 0.706. The van der Waals surface area contributed by atoms with Crippen molar-refractivity contribution in [3.8, 4) is 0 Å². The Bertz CT molecular complexity index is 496. The molecule has 21 heavy (non-hydrogen) atoms. The van der Waals surface area contributed by atoms with Gasteiger partial charge >= 0.3 is 0 Å². The van der Waals surface area contributed by atoms with E-state index in [0.29, 0.717) is 17.5 Å². The van der Waals surface area contributed by atoms with Crippen LogP contribution in [0.3, 0.4) is 0 Å². The molecule has 0 saturated carbocycles. The first-order valence-corrected chi connectivity index (χ1v) is 7.52. The Kier molecular flexibility index (Phi) is 5.67. The number of likely N-dealkylation sites (tertiary alicyclic amines) is 1. The van der Waals surface area contributed by atoms with Gasteiger partial charge in [0, 0.05) is 17.9 Å². The van der Waals surface area contributed by atoms with Crippen LogP contribution >= 0.6 is 12.2 Å². The van der Waals surface area contributed by atoms with E-state index >= 15 is 0 Å². The van der Waals surface area contributed by atoms with E-state index < -0.39 is 0 Å². The SMILES string of the molecule is NC(=S)c1ccc(NC(=O)CN2CCC(CO)CC2)cc1. The molecule has 5 nitrogen and oxygen atoms in total. The van der Waals surface area contributed by atoms with Crippen molar-refractivity contribution in [3.05, 3.63) is 29.8 Å². The maximum Gasteiger partial charge on any atom is 0.238 e. The number of thiocarbonyl (C=S) groups is 1. The highest BCUT2D eigenvalue weighted by Crippen LogP contribution is 2.16. The van der Waals surface area contributed by atoms with E-state index in [2.05, 4.69) is 10.2 Å². The molecule has 0 spiro atoms. The second kappa shape index (κ2) is 7.49. The average Bonchev–Trinajstić information content (AvgIpc) is 2.48. The highest BCUT2D eigenvalue weighted by atomic mass is 32.1. The third-order valence-electron chi connectivity index (χ3n) is 3.79. The van der Waals surface area contributed by atoms with Crippen molar-refractivity contribution < 1.29 is 9.90 Å². The fourth-order valence-electron chi connectivity index (χ4n) is 2.45. The molecular weight excluding hydrogens is 286 g/mol. The zero-order chi connectivity index (χ0) is 15.2. The molecule has 0 radical (unpaired) electrons. The van der Waals surface area contributed by atoms with E-state index in [0.717, 1.165) is 37.2 Å². The number of aliphatic hydroxyl groups is 1. The largest absolute Gasteiger partial charge is 0.396 e. The number of nitrogens with one attached hydrogen (secondary N) is 1. The maximum atomic E-state index is 12.0. The number of hydrogen-bond acceptors (Lipinski definition) is 4. The summed E-state index contributed by atoms with van der Waals surface area (Å²) in [6.07, 6.45) is 1.90. The number of amides is 1. The first-order chi connectivity index (χ1) is 10.1. The summed E-state index contributed by atoms with van der Waals surface area (Å²) in [6, 6.07) is 7.18. The van der Waals surface area contributed by atoms with E-state index in [4.69, 9.17) is 23.1 Å². The molecule has 1 aromatic rings. The molecule has 0 aromatic heterocycles. The molecule has 0 bridgehead atoms. The smallest absolute Gasteiger partial charge is 0.238 e. The minimum Gasteiger partial charge on any atom is -0.396 e. The topological polar surface area (TPSA) is 78.6 Å². The predicted octanol–water partition coefficient (Wildman–Crippen LogP) is 0.964. The Labute approximate surface area is 130 Å². The van der Waals surface area contributed by atoms with Crippen LogP contribution in [0.2, 0.25) is 0 Å². The number of nitrogens with zero attached hydrogens (tertiary/aromatic N) is 1. The standard InChI is InChI=1S/C15H21N3O2S/c16-15(21)12-1-3-13(4-2-12)17-14(20)9-18-7-5-11(10-19)6-8-18/h1-4,11,19H,5-10H2,(H2,16,21)(H,17,20). The van der Waals surface area contributed by atoms with Crippen LogP contribution in [0.25, 0.3) is 0 Å². The highest BCUT2D eigenvalue weighted by Gasteiger charge is 2.20. The highest BCUT2D eigenvalue weighted by molar-refractivity contribution is 7.80. The first-order valence-electron chi connectivity index (χ1n) is 7.11. The Morgan fingerprint density at radius 2 is 1.95 bits per heavy atom. The second-order valence-corrected chi connectivity index (χ2v) is 5.83. The maximum absolute atomic E-state index is 12.0. The summed E-state index contributed by atoms with van der Waals surface area (Å²) in [6.45, 7) is 2.35. The van der Waals surface area contributed by atoms with Crippen LogP contribution in [0.1, 0.15) is 18.4 Å². The van der Waals surface area contributed by atoms with E-state index in [1.165, 1.54) is 0 Å². The normalized spacial score (nSPS) is 16.6. The lowest BCUT2D eigenvalue weighted by molar-refractivity contribution is -0.117. The molecule has 0 atom stereocenters. The van der Waals surface area contributed by atoms with Gasteiger partial charge in [-0.15, -0.1) is 0 Å². The van der Waals surface area contributed by atoms with Gasteiger partial charge in [-0.2, -0.15) is 0 Å². The molecule has 0 unspecified atom stereocenters. The molecule has 4 N–H and O–H groups in total. The molecule has 1 heterocycles. The van der Waals surface area contributed by atoms with E-state index in [-0.39, 0.29) is 12.5 Å². The Balaban J connectivity index is 1.80. The molecular formula is C15H21N3O2S. The number of carbonyl (C=O) groups is 1. The van der Waals surface area contributed by atoms with Gasteiger partial charge in [-0.05, 0) is 56.1 Å². The molecule has 1 fully saturated rings. The lowest BCUT2D eigenvalue weighted by atomic mass is 9.98. The number of hydrogen-bond donors (Lipinski definition) is 3. The van der Waals surface area contributed by atoms with Crippen molar-refractivity contribution in [2.75, 3.05) is 31.6 Å². The fraction of sp³-hybridized carbons (Fsp3) is 0.467. The summed E-state index contributed by atoms with van der Waals surface area (Å²) in [5.74, 6) is 0.359. The zero-order valence-electron chi connectivity index (χ0n) is 11.9. The molecule has 1 aliphatic rings. The van der Waals surface area contributed by atoms with Crippen LogP contribution in [0.4, 0.5) is 5.69 Å². The fourth-order valence-corrected chi connectivity index (χ4v) is 2.58. The molecule has 1 saturated heterocycles. The number of benzene rings is 1. The summed E-state index contributed by atoms with van der Waals surface area (Å²) in [5.41, 5.74) is 7.06. The van der Waals surface area contributed by atoms with Gasteiger partial charge in [-0.3, -0.25) is 9.69 Å². The monoisotopic (exact) mass is 307 g/mol. The van der Waals surface area contributed by atoms with E-state index in [1.54, 1.807) is 24.3 Å². The zero-order valence-corrected chi connectivity index (χ0v) is 12.7. The van der Waals surface area contributed by atoms with Gasteiger partial charge in [-0.1, -0.05) is 12.2 Å². The van der Waals surface area contributed by atoms with Crippen molar-refractivity contribution in [2.24, 2.45) is 11.7 Å². The van der Waals surface area contributed by atoms with Gasteiger partial charge < -0.3 is 16.2 Å². The molecule has 0 aliphatic carbocycles. The average molecular weight is 307 g/mol. The van der Waals surface area contributed by atoms with Crippen LogP contribution in [0, 0.1) is 5.92 Å². The number of anilines is 1.